The Morgan fingerprint density at radius 1 is 1.04 bits per heavy atom. The van der Waals surface area contributed by atoms with Crippen LogP contribution in [0.25, 0.3) is 11.3 Å². The van der Waals surface area contributed by atoms with Crippen molar-refractivity contribution in [2.45, 2.75) is 0 Å². The first kappa shape index (κ1) is 14.9. The third-order valence-electron chi connectivity index (χ3n) is 2.99. The largest absolute Gasteiger partial charge is 0.465 e. The zero-order valence-electron chi connectivity index (χ0n) is 11.8. The highest BCUT2D eigenvalue weighted by Crippen LogP contribution is 2.32. The summed E-state index contributed by atoms with van der Waals surface area (Å²) in [7, 11) is 0. The average molecular weight is 325 g/mol. The molecule has 0 unspecified atom stereocenters. The van der Waals surface area contributed by atoms with Gasteiger partial charge in [-0.1, -0.05) is 47.7 Å². The van der Waals surface area contributed by atoms with Gasteiger partial charge in [0.2, 0.25) is 5.78 Å². The number of thiazole rings is 1. The second-order valence-electron chi connectivity index (χ2n) is 4.54. The van der Waals surface area contributed by atoms with Crippen LogP contribution in [0, 0.1) is 0 Å². The molecule has 7 heteroatoms. The van der Waals surface area contributed by atoms with Crippen molar-refractivity contribution < 1.29 is 14.7 Å². The van der Waals surface area contributed by atoms with Gasteiger partial charge in [-0.25, -0.2) is 9.78 Å². The highest BCUT2D eigenvalue weighted by atomic mass is 32.1. The lowest BCUT2D eigenvalue weighted by atomic mass is 10.1. The van der Waals surface area contributed by atoms with Gasteiger partial charge in [-0.2, -0.15) is 0 Å². The number of ketones is 1. The summed E-state index contributed by atoms with van der Waals surface area (Å²) < 4.78 is 0. The van der Waals surface area contributed by atoms with Crippen molar-refractivity contribution in [3.8, 4) is 11.3 Å². The van der Waals surface area contributed by atoms with Crippen molar-refractivity contribution in [3.63, 3.8) is 0 Å². The van der Waals surface area contributed by atoms with E-state index in [1.807, 2.05) is 30.3 Å². The van der Waals surface area contributed by atoms with Crippen molar-refractivity contribution in [3.05, 3.63) is 65.3 Å². The van der Waals surface area contributed by atoms with Gasteiger partial charge in [-0.05, 0) is 12.1 Å². The molecule has 0 radical (unpaired) electrons. The molecule has 0 aliphatic heterocycles. The van der Waals surface area contributed by atoms with Gasteiger partial charge in [0.1, 0.15) is 10.6 Å². The molecule has 0 atom stereocenters. The molecule has 2 aromatic heterocycles. The smallest absolute Gasteiger partial charge is 0.410 e. The predicted molar refractivity (Wildman–Crippen MR) is 86.9 cm³/mol. The number of carbonyl (C=O) groups is 2. The maximum atomic E-state index is 12.7. The molecule has 2 N–H and O–H groups in total. The maximum absolute atomic E-state index is 12.7. The number of aromatic nitrogens is 2. The minimum Gasteiger partial charge on any atom is -0.465 e. The van der Waals surface area contributed by atoms with Crippen molar-refractivity contribution in [1.29, 1.82) is 0 Å². The Kier molecular flexibility index (Phi) is 4.11. The Balaban J connectivity index is 2.09. The molecular weight excluding hydrogens is 314 g/mol. The SMILES string of the molecule is O=C(O)Nc1nc(-c2ccccc2)c(C(=O)c2ccccn2)s1. The predicted octanol–water partition coefficient (Wildman–Crippen LogP) is 3.53. The highest BCUT2D eigenvalue weighted by molar-refractivity contribution is 7.18. The number of hydrogen-bond donors (Lipinski definition) is 2. The van der Waals surface area contributed by atoms with E-state index in [9.17, 15) is 9.59 Å². The van der Waals surface area contributed by atoms with E-state index in [0.717, 1.165) is 16.9 Å². The van der Waals surface area contributed by atoms with E-state index in [4.69, 9.17) is 5.11 Å². The van der Waals surface area contributed by atoms with Crippen molar-refractivity contribution in [1.82, 2.24) is 9.97 Å². The summed E-state index contributed by atoms with van der Waals surface area (Å²) in [6.07, 6.45) is 0.308. The van der Waals surface area contributed by atoms with E-state index < -0.39 is 6.09 Å². The third kappa shape index (κ3) is 3.24. The molecule has 0 saturated carbocycles. The quantitative estimate of drug-likeness (QED) is 0.716. The average Bonchev–Trinajstić information content (AvgIpc) is 2.99. The molecule has 0 fully saturated rings. The summed E-state index contributed by atoms with van der Waals surface area (Å²) in [5, 5.41) is 11.2. The Labute approximate surface area is 135 Å². The standard InChI is InChI=1S/C16H11N3O3S/c20-13(11-8-4-5-9-17-11)14-12(10-6-2-1-3-7-10)18-15(23-14)19-16(21)22/h1-9H,(H,18,19)(H,21,22). The molecule has 1 aromatic carbocycles. The first-order valence-electron chi connectivity index (χ1n) is 6.67. The Hall–Kier alpha value is -3.06. The first-order chi connectivity index (χ1) is 11.1. The molecule has 23 heavy (non-hydrogen) atoms. The molecule has 0 aliphatic rings. The summed E-state index contributed by atoms with van der Waals surface area (Å²) in [6, 6.07) is 14.2. The van der Waals surface area contributed by atoms with E-state index in [0.29, 0.717) is 10.6 Å². The zero-order valence-corrected chi connectivity index (χ0v) is 12.6. The van der Waals surface area contributed by atoms with E-state index >= 15 is 0 Å². The summed E-state index contributed by atoms with van der Waals surface area (Å²) >= 11 is 0.993. The summed E-state index contributed by atoms with van der Waals surface area (Å²) in [4.78, 5) is 32.1. The van der Waals surface area contributed by atoms with Gasteiger partial charge < -0.3 is 5.11 Å². The van der Waals surface area contributed by atoms with E-state index in [-0.39, 0.29) is 16.6 Å². The molecule has 2 heterocycles. The monoisotopic (exact) mass is 325 g/mol. The third-order valence-corrected chi connectivity index (χ3v) is 3.96. The number of carboxylic acid groups (broad SMARTS) is 1. The molecule has 0 spiro atoms. The topological polar surface area (TPSA) is 92.2 Å². The number of nitrogens with zero attached hydrogens (tertiary/aromatic N) is 2. The second-order valence-corrected chi connectivity index (χ2v) is 5.54. The number of nitrogens with one attached hydrogen (secondary N) is 1. The van der Waals surface area contributed by atoms with Crippen LogP contribution >= 0.6 is 11.3 Å². The maximum Gasteiger partial charge on any atom is 0.410 e. The van der Waals surface area contributed by atoms with Crippen LogP contribution in [0.1, 0.15) is 15.4 Å². The number of anilines is 1. The Morgan fingerprint density at radius 2 is 1.78 bits per heavy atom. The lowest BCUT2D eigenvalue weighted by molar-refractivity contribution is 0.103. The molecule has 1 amide bonds. The van der Waals surface area contributed by atoms with E-state index in [1.165, 1.54) is 6.20 Å². The lowest BCUT2D eigenvalue weighted by Gasteiger charge is -2.01. The number of carbonyl (C=O) groups excluding carboxylic acids is 1. The van der Waals surface area contributed by atoms with Gasteiger partial charge in [-0.3, -0.25) is 15.1 Å². The van der Waals surface area contributed by atoms with Gasteiger partial charge in [0.15, 0.2) is 5.13 Å². The van der Waals surface area contributed by atoms with Crippen LogP contribution in [0.5, 0.6) is 0 Å². The van der Waals surface area contributed by atoms with Gasteiger partial charge in [0.05, 0.1) is 5.69 Å². The Morgan fingerprint density at radius 3 is 2.43 bits per heavy atom. The Bertz CT molecular complexity index is 848. The van der Waals surface area contributed by atoms with Crippen LogP contribution in [0.3, 0.4) is 0 Å². The minimum absolute atomic E-state index is 0.149. The summed E-state index contributed by atoms with van der Waals surface area (Å²) in [5.74, 6) is -0.291. The van der Waals surface area contributed by atoms with E-state index in [1.54, 1.807) is 18.2 Å². The highest BCUT2D eigenvalue weighted by Gasteiger charge is 2.22. The van der Waals surface area contributed by atoms with Gasteiger partial charge >= 0.3 is 6.09 Å². The molecule has 0 bridgehead atoms. The van der Waals surface area contributed by atoms with Crippen molar-refractivity contribution >= 4 is 28.3 Å². The molecule has 0 aliphatic carbocycles. The second kappa shape index (κ2) is 6.37. The fourth-order valence-corrected chi connectivity index (χ4v) is 2.95. The number of hydrogen-bond acceptors (Lipinski definition) is 5. The number of benzene rings is 1. The number of pyridine rings is 1. The van der Waals surface area contributed by atoms with Crippen LogP contribution in [0.2, 0.25) is 0 Å². The van der Waals surface area contributed by atoms with Crippen molar-refractivity contribution in [2.24, 2.45) is 0 Å². The van der Waals surface area contributed by atoms with Crippen molar-refractivity contribution in [2.75, 3.05) is 5.32 Å². The van der Waals surface area contributed by atoms with Crippen LogP contribution in [-0.4, -0.2) is 27.0 Å². The number of amides is 1. The van der Waals surface area contributed by atoms with Crippen LogP contribution in [0.4, 0.5) is 9.93 Å². The van der Waals surface area contributed by atoms with Crippen LogP contribution < -0.4 is 5.32 Å². The molecule has 0 saturated heterocycles. The minimum atomic E-state index is -1.23. The first-order valence-corrected chi connectivity index (χ1v) is 7.48. The van der Waals surface area contributed by atoms with E-state index in [2.05, 4.69) is 15.3 Å². The van der Waals surface area contributed by atoms with Gasteiger partial charge in [0, 0.05) is 11.8 Å². The molecule has 3 aromatic rings. The fourth-order valence-electron chi connectivity index (χ4n) is 2.02. The zero-order chi connectivity index (χ0) is 16.2. The van der Waals surface area contributed by atoms with Gasteiger partial charge in [-0.15, -0.1) is 0 Å². The van der Waals surface area contributed by atoms with Crippen LogP contribution in [-0.2, 0) is 0 Å². The fraction of sp³-hybridized carbons (Fsp3) is 0. The molecular formula is C16H11N3O3S. The number of rotatable bonds is 4. The molecule has 6 nitrogen and oxygen atoms in total. The normalized spacial score (nSPS) is 10.3. The lowest BCUT2D eigenvalue weighted by Crippen LogP contribution is -2.06. The molecule has 3 rings (SSSR count). The molecule has 114 valence electrons. The summed E-state index contributed by atoms with van der Waals surface area (Å²) in [6.45, 7) is 0. The van der Waals surface area contributed by atoms with Crippen LogP contribution in [0.15, 0.2) is 54.7 Å². The summed E-state index contributed by atoms with van der Waals surface area (Å²) in [5.41, 5.74) is 1.46. The van der Waals surface area contributed by atoms with Gasteiger partial charge in [0.25, 0.3) is 0 Å².